The Labute approximate surface area is 321 Å². The average molecular weight is 729 g/mol. The first-order chi connectivity index (χ1) is 24.9. The lowest BCUT2D eigenvalue weighted by Crippen LogP contribution is -2.51. The molecule has 308 valence electrons. The van der Waals surface area contributed by atoms with E-state index >= 15 is 0 Å². The van der Waals surface area contributed by atoms with E-state index in [-0.39, 0.29) is 5.41 Å². The van der Waals surface area contributed by atoms with Crippen LogP contribution >= 0.6 is 0 Å². The summed E-state index contributed by atoms with van der Waals surface area (Å²) in [6.45, 7) is 33.3. The van der Waals surface area contributed by atoms with Crippen LogP contribution in [0.3, 0.4) is 0 Å². The van der Waals surface area contributed by atoms with E-state index in [4.69, 9.17) is 18.9 Å². The van der Waals surface area contributed by atoms with Crippen molar-refractivity contribution in [2.24, 2.45) is 5.41 Å². The summed E-state index contributed by atoms with van der Waals surface area (Å²) >= 11 is 0. The fraction of sp³-hybridized carbons (Fsp3) is 1.00. The van der Waals surface area contributed by atoms with Crippen LogP contribution in [0.2, 0.25) is 0 Å². The fourth-order valence-electron chi connectivity index (χ4n) is 7.59. The van der Waals surface area contributed by atoms with Gasteiger partial charge in [-0.15, -0.1) is 0 Å². The van der Waals surface area contributed by atoms with E-state index in [0.29, 0.717) is 26.4 Å². The van der Waals surface area contributed by atoms with Crippen molar-refractivity contribution in [3.8, 4) is 0 Å². The Morgan fingerprint density at radius 3 is 0.784 bits per heavy atom. The Balaban J connectivity index is 5.22. The molecule has 0 rings (SSSR count). The van der Waals surface area contributed by atoms with Gasteiger partial charge < -0.3 is 27.9 Å². The van der Waals surface area contributed by atoms with Gasteiger partial charge in [-0.25, -0.2) is 0 Å². The third kappa shape index (κ3) is 26.2. The number of nitrogens with zero attached hydrogens (tertiary/aromatic N) is 2. The van der Waals surface area contributed by atoms with Gasteiger partial charge in [0.25, 0.3) is 0 Å². The molecule has 0 saturated heterocycles. The summed E-state index contributed by atoms with van der Waals surface area (Å²) in [5, 5.41) is 0. The predicted molar refractivity (Wildman–Crippen MR) is 223 cm³/mol. The minimum absolute atomic E-state index is 0.280. The van der Waals surface area contributed by atoms with Crippen molar-refractivity contribution in [2.75, 3.05) is 105 Å². The molecular formula is C45H96N2O4+2. The maximum absolute atomic E-state index is 6.58. The van der Waals surface area contributed by atoms with Gasteiger partial charge in [-0.1, -0.05) is 129 Å². The summed E-state index contributed by atoms with van der Waals surface area (Å²) in [5.74, 6) is 0. The Morgan fingerprint density at radius 2 is 0.529 bits per heavy atom. The van der Waals surface area contributed by atoms with Crippen molar-refractivity contribution in [2.45, 2.75) is 184 Å². The number of ether oxygens (including phenoxy) is 4. The topological polar surface area (TPSA) is 36.9 Å². The molecule has 0 heterocycles. The quantitative estimate of drug-likeness (QED) is 0.0463. The van der Waals surface area contributed by atoms with Crippen LogP contribution in [0, 0.1) is 5.41 Å². The second-order valence-electron chi connectivity index (χ2n) is 16.1. The van der Waals surface area contributed by atoms with E-state index in [1.165, 1.54) is 116 Å². The Morgan fingerprint density at radius 1 is 0.294 bits per heavy atom. The highest BCUT2D eigenvalue weighted by Crippen LogP contribution is 2.23. The lowest BCUT2D eigenvalue weighted by Gasteiger charge is -2.38. The van der Waals surface area contributed by atoms with Crippen LogP contribution in [0.15, 0.2) is 0 Å². The van der Waals surface area contributed by atoms with Gasteiger partial charge in [-0.05, 0) is 54.4 Å². The summed E-state index contributed by atoms with van der Waals surface area (Å²) in [7, 11) is 0. The summed E-state index contributed by atoms with van der Waals surface area (Å²) in [4.78, 5) is 0. The minimum Gasteiger partial charge on any atom is -0.381 e. The molecule has 6 nitrogen and oxygen atoms in total. The molecule has 6 heteroatoms. The molecule has 0 aliphatic heterocycles. The molecule has 0 aromatic rings. The van der Waals surface area contributed by atoms with Gasteiger partial charge in [0.1, 0.15) is 13.1 Å². The highest BCUT2D eigenvalue weighted by Gasteiger charge is 2.34. The van der Waals surface area contributed by atoms with Gasteiger partial charge in [-0.2, -0.15) is 0 Å². The first-order valence-electron chi connectivity index (χ1n) is 22.9. The number of quaternary nitrogens is 2. The molecule has 0 aliphatic rings. The van der Waals surface area contributed by atoms with Gasteiger partial charge in [0.05, 0.1) is 84.3 Å². The highest BCUT2D eigenvalue weighted by molar-refractivity contribution is 4.80. The molecule has 0 fully saturated rings. The highest BCUT2D eigenvalue weighted by atomic mass is 16.5. The molecule has 0 atom stereocenters. The lowest BCUT2D eigenvalue weighted by atomic mass is 9.92. The van der Waals surface area contributed by atoms with E-state index in [9.17, 15) is 0 Å². The van der Waals surface area contributed by atoms with Crippen LogP contribution in [0.25, 0.3) is 0 Å². The normalized spacial score (nSPS) is 12.7. The first-order valence-corrected chi connectivity index (χ1v) is 22.9. The molecule has 0 aliphatic carbocycles. The number of hydrogen-bond donors (Lipinski definition) is 0. The van der Waals surface area contributed by atoms with Crippen molar-refractivity contribution < 1.29 is 27.9 Å². The SMILES string of the molecule is CCCCCCCCCCCCOCC(COCCCCCCCCCCCC)(COCC[N+](CC)(CC)CC)COCC[N+](CC)(CC)CC. The second-order valence-corrected chi connectivity index (χ2v) is 16.1. The predicted octanol–water partition coefficient (Wildman–Crippen LogP) is 11.6. The van der Waals surface area contributed by atoms with Crippen molar-refractivity contribution in [1.29, 1.82) is 0 Å². The van der Waals surface area contributed by atoms with Crippen LogP contribution in [0.4, 0.5) is 0 Å². The third-order valence-electron chi connectivity index (χ3n) is 12.4. The van der Waals surface area contributed by atoms with E-state index in [0.717, 1.165) is 101 Å². The van der Waals surface area contributed by atoms with E-state index < -0.39 is 0 Å². The molecule has 0 spiro atoms. The van der Waals surface area contributed by atoms with Crippen LogP contribution < -0.4 is 0 Å². The van der Waals surface area contributed by atoms with Crippen molar-refractivity contribution in [1.82, 2.24) is 0 Å². The van der Waals surface area contributed by atoms with Gasteiger partial charge in [0.15, 0.2) is 0 Å². The smallest absolute Gasteiger partial charge is 0.102 e. The maximum atomic E-state index is 6.58. The van der Waals surface area contributed by atoms with Gasteiger partial charge in [0.2, 0.25) is 0 Å². The fourth-order valence-corrected chi connectivity index (χ4v) is 7.59. The molecule has 51 heavy (non-hydrogen) atoms. The van der Waals surface area contributed by atoms with Crippen LogP contribution in [-0.4, -0.2) is 114 Å². The van der Waals surface area contributed by atoms with Crippen molar-refractivity contribution >= 4 is 0 Å². The molecule has 0 bridgehead atoms. The Kier molecular flexibility index (Phi) is 35.3. The van der Waals surface area contributed by atoms with E-state index in [2.05, 4.69) is 55.4 Å². The molecule has 0 N–H and O–H groups in total. The summed E-state index contributed by atoms with van der Waals surface area (Å²) in [5.41, 5.74) is -0.280. The Hall–Kier alpha value is -0.240. The van der Waals surface area contributed by atoms with Crippen LogP contribution in [0.5, 0.6) is 0 Å². The molecule has 0 unspecified atom stereocenters. The maximum Gasteiger partial charge on any atom is 0.102 e. The molecule has 0 saturated carbocycles. The molecule has 0 radical (unpaired) electrons. The number of unbranched alkanes of at least 4 members (excludes halogenated alkanes) is 18. The Bertz CT molecular complexity index is 623. The zero-order chi connectivity index (χ0) is 37.8. The number of hydrogen-bond acceptors (Lipinski definition) is 4. The standard InChI is InChI=1S/C45H96N2O4/c1-9-17-19-21-23-25-27-29-31-33-37-48-41-45(43-50-39-35-46(11-3,12-4)13-5,44-51-40-36-47(14-6,15-7)16-8)42-49-38-34-32-30-28-26-24-22-20-18-10-2/h9-44H2,1-8H3/q+2. The first kappa shape index (κ1) is 50.8. The summed E-state index contributed by atoms with van der Waals surface area (Å²) in [6.07, 6.45) is 26.9. The average Bonchev–Trinajstić information content (AvgIpc) is 3.16. The van der Waals surface area contributed by atoms with Gasteiger partial charge in [-0.3, -0.25) is 0 Å². The second kappa shape index (κ2) is 35.5. The summed E-state index contributed by atoms with van der Waals surface area (Å²) < 4.78 is 28.4. The summed E-state index contributed by atoms with van der Waals surface area (Å²) in [6, 6.07) is 0. The monoisotopic (exact) mass is 729 g/mol. The van der Waals surface area contributed by atoms with Crippen LogP contribution in [0.1, 0.15) is 184 Å². The number of rotatable bonds is 42. The lowest BCUT2D eigenvalue weighted by molar-refractivity contribution is -0.923. The minimum atomic E-state index is -0.280. The van der Waals surface area contributed by atoms with Crippen molar-refractivity contribution in [3.63, 3.8) is 0 Å². The van der Waals surface area contributed by atoms with E-state index in [1.807, 2.05) is 0 Å². The molecule has 0 aromatic heterocycles. The van der Waals surface area contributed by atoms with Gasteiger partial charge in [0, 0.05) is 13.2 Å². The number of likely N-dealkylation sites (N-methyl/N-ethyl adjacent to an activating group) is 2. The largest absolute Gasteiger partial charge is 0.381 e. The van der Waals surface area contributed by atoms with Gasteiger partial charge >= 0.3 is 0 Å². The zero-order valence-corrected chi connectivity index (χ0v) is 36.5. The third-order valence-corrected chi connectivity index (χ3v) is 12.4. The molecular weight excluding hydrogens is 633 g/mol. The molecule has 0 amide bonds. The zero-order valence-electron chi connectivity index (χ0n) is 36.5. The molecule has 0 aromatic carbocycles. The van der Waals surface area contributed by atoms with Crippen molar-refractivity contribution in [3.05, 3.63) is 0 Å². The van der Waals surface area contributed by atoms with E-state index in [1.54, 1.807) is 0 Å². The van der Waals surface area contributed by atoms with Crippen LogP contribution in [-0.2, 0) is 18.9 Å².